The summed E-state index contributed by atoms with van der Waals surface area (Å²) < 4.78 is 6.40. The van der Waals surface area contributed by atoms with Crippen LogP contribution in [0.3, 0.4) is 0 Å². The zero-order valence-corrected chi connectivity index (χ0v) is 26.7. The molecule has 6 aromatic carbocycles. The molecule has 0 fully saturated rings. The van der Waals surface area contributed by atoms with Gasteiger partial charge in [0.15, 0.2) is 0 Å². The van der Waals surface area contributed by atoms with Crippen LogP contribution < -0.4 is 4.90 Å². The highest BCUT2D eigenvalue weighted by Gasteiger charge is 2.37. The number of allylic oxidation sites excluding steroid dienone is 4. The van der Waals surface area contributed by atoms with E-state index in [0.717, 1.165) is 50.9 Å². The number of rotatable bonds is 5. The fraction of sp³-hybridized carbons (Fsp3) is 0.111. The number of anilines is 3. The Morgan fingerprint density at radius 1 is 0.617 bits per heavy atom. The Kier molecular flexibility index (Phi) is 6.33. The molecule has 7 aromatic rings. The lowest BCUT2D eigenvalue weighted by Gasteiger charge is -2.29. The molecule has 1 atom stereocenters. The van der Waals surface area contributed by atoms with Crippen LogP contribution in [0.4, 0.5) is 17.1 Å². The lowest BCUT2D eigenvalue weighted by molar-refractivity contribution is 0.660. The van der Waals surface area contributed by atoms with Gasteiger partial charge in [-0.15, -0.1) is 0 Å². The van der Waals surface area contributed by atoms with Crippen LogP contribution in [0.1, 0.15) is 42.9 Å². The topological polar surface area (TPSA) is 16.4 Å². The van der Waals surface area contributed by atoms with Gasteiger partial charge < -0.3 is 9.32 Å². The van der Waals surface area contributed by atoms with Crippen molar-refractivity contribution in [1.82, 2.24) is 0 Å². The normalized spacial score (nSPS) is 16.0. The average molecular weight is 606 g/mol. The van der Waals surface area contributed by atoms with Crippen LogP contribution in [0, 0.1) is 0 Å². The minimum atomic E-state index is -0.0760. The molecule has 0 saturated carbocycles. The van der Waals surface area contributed by atoms with Gasteiger partial charge in [-0.25, -0.2) is 0 Å². The van der Waals surface area contributed by atoms with E-state index in [1.54, 1.807) is 0 Å². The first-order valence-electron chi connectivity index (χ1n) is 16.6. The van der Waals surface area contributed by atoms with E-state index in [1.807, 2.05) is 12.1 Å². The molecule has 1 unspecified atom stereocenters. The molecule has 0 spiro atoms. The summed E-state index contributed by atoms with van der Waals surface area (Å²) in [6, 6.07) is 48.6. The minimum absolute atomic E-state index is 0.0760. The maximum absolute atomic E-state index is 6.40. The minimum Gasteiger partial charge on any atom is -0.455 e. The summed E-state index contributed by atoms with van der Waals surface area (Å²) in [6.07, 6.45) is 9.90. The molecule has 0 N–H and O–H groups in total. The van der Waals surface area contributed by atoms with Crippen LogP contribution in [0.5, 0.6) is 0 Å². The van der Waals surface area contributed by atoms with Crippen molar-refractivity contribution < 1.29 is 4.42 Å². The van der Waals surface area contributed by atoms with Gasteiger partial charge >= 0.3 is 0 Å². The van der Waals surface area contributed by atoms with Crippen LogP contribution in [-0.2, 0) is 5.41 Å². The van der Waals surface area contributed by atoms with Crippen LogP contribution in [-0.4, -0.2) is 0 Å². The molecule has 2 aliphatic carbocycles. The second kappa shape index (κ2) is 10.7. The van der Waals surface area contributed by atoms with Crippen molar-refractivity contribution >= 4 is 39.0 Å². The predicted octanol–water partition coefficient (Wildman–Crippen LogP) is 12.6. The Hall–Kier alpha value is -5.60. The highest BCUT2D eigenvalue weighted by Crippen LogP contribution is 2.54. The molecule has 0 amide bonds. The quantitative estimate of drug-likeness (QED) is 0.194. The van der Waals surface area contributed by atoms with E-state index >= 15 is 0 Å². The van der Waals surface area contributed by atoms with Gasteiger partial charge in [0, 0.05) is 44.6 Å². The van der Waals surface area contributed by atoms with Crippen molar-refractivity contribution in [3.8, 4) is 22.3 Å². The van der Waals surface area contributed by atoms with Gasteiger partial charge in [-0.1, -0.05) is 135 Å². The van der Waals surface area contributed by atoms with E-state index < -0.39 is 0 Å². The standard InChI is InChI=1S/C45H35NO/c1-45(2)39-18-8-6-15-38(39)43-40(45)19-11-20-41(43)46(33-26-22-31(23-27-33)30-12-4-3-5-13-30)34-28-24-32(25-29-34)35-16-10-17-37-36-14-7-9-21-42(36)47-44(35)37/h3-12,14-30H,13H2,1-2H3. The van der Waals surface area contributed by atoms with Gasteiger partial charge in [0.1, 0.15) is 11.2 Å². The number of hydrogen-bond acceptors (Lipinski definition) is 2. The Morgan fingerprint density at radius 2 is 1.30 bits per heavy atom. The molecule has 2 heteroatoms. The summed E-state index contributed by atoms with van der Waals surface area (Å²) in [4.78, 5) is 2.43. The van der Waals surface area contributed by atoms with Crippen molar-refractivity contribution in [3.63, 3.8) is 0 Å². The summed E-state index contributed by atoms with van der Waals surface area (Å²) in [5, 5.41) is 2.30. The summed E-state index contributed by atoms with van der Waals surface area (Å²) in [7, 11) is 0. The second-order valence-corrected chi connectivity index (χ2v) is 13.3. The number of fused-ring (bicyclic) bond motifs is 6. The summed E-state index contributed by atoms with van der Waals surface area (Å²) in [5.74, 6) is 0.413. The molecule has 1 heterocycles. The maximum Gasteiger partial charge on any atom is 0.143 e. The van der Waals surface area contributed by atoms with Crippen molar-refractivity contribution in [2.45, 2.75) is 31.6 Å². The largest absolute Gasteiger partial charge is 0.455 e. The molecule has 1 aromatic heterocycles. The monoisotopic (exact) mass is 605 g/mol. The highest BCUT2D eigenvalue weighted by molar-refractivity contribution is 6.09. The number of hydrogen-bond donors (Lipinski definition) is 0. The zero-order valence-electron chi connectivity index (χ0n) is 26.7. The van der Waals surface area contributed by atoms with Crippen molar-refractivity contribution in [1.29, 1.82) is 0 Å². The average Bonchev–Trinajstić information content (AvgIpc) is 3.62. The molecule has 9 rings (SSSR count). The molecule has 0 radical (unpaired) electrons. The Bertz CT molecular complexity index is 2350. The van der Waals surface area contributed by atoms with Gasteiger partial charge in [0.05, 0.1) is 5.69 Å². The molecule has 226 valence electrons. The first-order chi connectivity index (χ1) is 23.1. The van der Waals surface area contributed by atoms with E-state index in [2.05, 4.69) is 164 Å². The molecule has 47 heavy (non-hydrogen) atoms. The molecule has 0 saturated heterocycles. The lowest BCUT2D eigenvalue weighted by atomic mass is 9.82. The molecule has 0 aliphatic heterocycles. The fourth-order valence-electron chi connectivity index (χ4n) is 7.81. The fourth-order valence-corrected chi connectivity index (χ4v) is 7.81. The van der Waals surface area contributed by atoms with Crippen molar-refractivity contribution in [3.05, 3.63) is 174 Å². The molecule has 2 nitrogen and oxygen atoms in total. The van der Waals surface area contributed by atoms with Crippen LogP contribution in [0.2, 0.25) is 0 Å². The van der Waals surface area contributed by atoms with Crippen LogP contribution in [0.25, 0.3) is 44.2 Å². The second-order valence-electron chi connectivity index (χ2n) is 13.3. The zero-order chi connectivity index (χ0) is 31.5. The third-order valence-corrected chi connectivity index (χ3v) is 10.2. The number of para-hydroxylation sites is 2. The van der Waals surface area contributed by atoms with Gasteiger partial charge in [0.25, 0.3) is 0 Å². The molecular formula is C45H35NO. The van der Waals surface area contributed by atoms with Gasteiger partial charge in [0.2, 0.25) is 0 Å². The Balaban J connectivity index is 1.19. The Labute approximate surface area is 275 Å². The molecule has 2 aliphatic rings. The highest BCUT2D eigenvalue weighted by atomic mass is 16.3. The summed E-state index contributed by atoms with van der Waals surface area (Å²) in [5.41, 5.74) is 14.2. The lowest BCUT2D eigenvalue weighted by Crippen LogP contribution is -2.16. The van der Waals surface area contributed by atoms with Gasteiger partial charge in [-0.3, -0.25) is 0 Å². The van der Waals surface area contributed by atoms with E-state index in [0.29, 0.717) is 5.92 Å². The first kappa shape index (κ1) is 27.7. The van der Waals surface area contributed by atoms with E-state index in [1.165, 1.54) is 33.5 Å². The van der Waals surface area contributed by atoms with E-state index in [4.69, 9.17) is 4.42 Å². The van der Waals surface area contributed by atoms with Crippen LogP contribution in [0.15, 0.2) is 162 Å². The predicted molar refractivity (Wildman–Crippen MR) is 197 cm³/mol. The van der Waals surface area contributed by atoms with E-state index in [-0.39, 0.29) is 5.41 Å². The van der Waals surface area contributed by atoms with Crippen LogP contribution >= 0.6 is 0 Å². The first-order valence-corrected chi connectivity index (χ1v) is 16.6. The SMILES string of the molecule is CC1(C)c2ccccc2-c2c(N(c3ccc(-c4cccc5c4oc4ccccc45)cc3)c3ccc(C4C=CC=CC4)cc3)cccc21. The summed E-state index contributed by atoms with van der Waals surface area (Å²) >= 11 is 0. The van der Waals surface area contributed by atoms with Crippen molar-refractivity contribution in [2.75, 3.05) is 4.90 Å². The number of nitrogens with zero attached hydrogens (tertiary/aromatic N) is 1. The molecular weight excluding hydrogens is 571 g/mol. The Morgan fingerprint density at radius 3 is 2.11 bits per heavy atom. The third-order valence-electron chi connectivity index (χ3n) is 10.2. The van der Waals surface area contributed by atoms with Crippen molar-refractivity contribution in [2.24, 2.45) is 0 Å². The van der Waals surface area contributed by atoms with Gasteiger partial charge in [-0.2, -0.15) is 0 Å². The number of furan rings is 1. The van der Waals surface area contributed by atoms with E-state index in [9.17, 15) is 0 Å². The third kappa shape index (κ3) is 4.40. The maximum atomic E-state index is 6.40. The summed E-state index contributed by atoms with van der Waals surface area (Å²) in [6.45, 7) is 4.69. The number of benzene rings is 6. The smallest absolute Gasteiger partial charge is 0.143 e. The molecule has 0 bridgehead atoms. The van der Waals surface area contributed by atoms with Gasteiger partial charge in [-0.05, 0) is 70.6 Å².